The quantitative estimate of drug-likeness (QED) is 0.175. The van der Waals surface area contributed by atoms with Gasteiger partial charge in [0.25, 0.3) is 0 Å². The molecule has 0 bridgehead atoms. The minimum Gasteiger partial charge on any atom is -0.493 e. The van der Waals surface area contributed by atoms with E-state index in [1.165, 1.54) is 14.2 Å². The zero-order valence-electron chi connectivity index (χ0n) is 23.2. The highest BCUT2D eigenvalue weighted by Crippen LogP contribution is 2.31. The third-order valence-corrected chi connectivity index (χ3v) is 6.11. The highest BCUT2D eigenvalue weighted by molar-refractivity contribution is 6.00. The van der Waals surface area contributed by atoms with Gasteiger partial charge in [-0.2, -0.15) is 0 Å². The largest absolute Gasteiger partial charge is 0.493 e. The van der Waals surface area contributed by atoms with Crippen molar-refractivity contribution in [3.63, 3.8) is 0 Å². The number of carbonyl (C=O) groups is 2. The summed E-state index contributed by atoms with van der Waals surface area (Å²) in [5.41, 5.74) is 4.62. The minimum atomic E-state index is -0.372. The van der Waals surface area contributed by atoms with Gasteiger partial charge in [0.05, 0.1) is 28.4 Å². The van der Waals surface area contributed by atoms with Crippen molar-refractivity contribution in [1.29, 1.82) is 0 Å². The number of benzene rings is 4. The fourth-order valence-corrected chi connectivity index (χ4v) is 4.06. The lowest BCUT2D eigenvalue weighted by Crippen LogP contribution is -2.19. The smallest absolute Gasteiger partial charge is 0.323 e. The standard InChI is InChI=1S/C31H32N4O6/c1-38-26-15-13-24(18-28(26)40-3)34-30(36)32-22-9-5-20(6-10-22)17-21-7-11-23(12-8-21)33-31(37)35-25-14-16-27(39-2)29(19-25)41-4/h5-16,18-19H,17H2,1-4H3,(H2,32,34,36)(H2,33,35,37). The summed E-state index contributed by atoms with van der Waals surface area (Å²) in [4.78, 5) is 24.9. The van der Waals surface area contributed by atoms with Crippen molar-refractivity contribution in [2.45, 2.75) is 6.42 Å². The van der Waals surface area contributed by atoms with Crippen LogP contribution in [0, 0.1) is 0 Å². The molecule has 0 aromatic heterocycles. The molecule has 0 fully saturated rings. The number of methoxy groups -OCH3 is 4. The van der Waals surface area contributed by atoms with E-state index < -0.39 is 0 Å². The van der Waals surface area contributed by atoms with E-state index in [-0.39, 0.29) is 12.1 Å². The molecule has 0 radical (unpaired) electrons. The van der Waals surface area contributed by atoms with Crippen LogP contribution in [0.3, 0.4) is 0 Å². The Morgan fingerprint density at radius 2 is 0.780 bits per heavy atom. The SMILES string of the molecule is COc1ccc(NC(=O)Nc2ccc(Cc3ccc(NC(=O)Nc4ccc(OC)c(OC)c4)cc3)cc2)cc1OC. The van der Waals surface area contributed by atoms with Crippen LogP contribution in [0.15, 0.2) is 84.9 Å². The van der Waals surface area contributed by atoms with Crippen LogP contribution in [-0.2, 0) is 6.42 Å². The van der Waals surface area contributed by atoms with E-state index in [1.807, 2.05) is 48.5 Å². The van der Waals surface area contributed by atoms with Gasteiger partial charge in [-0.05, 0) is 66.1 Å². The van der Waals surface area contributed by atoms with Gasteiger partial charge in [-0.15, -0.1) is 0 Å². The van der Waals surface area contributed by atoms with Crippen molar-refractivity contribution in [3.05, 3.63) is 96.1 Å². The molecule has 0 atom stereocenters. The van der Waals surface area contributed by atoms with Gasteiger partial charge in [0.1, 0.15) is 0 Å². The first-order valence-electron chi connectivity index (χ1n) is 12.7. The number of hydrogen-bond acceptors (Lipinski definition) is 6. The molecule has 0 heterocycles. The van der Waals surface area contributed by atoms with Gasteiger partial charge in [0.15, 0.2) is 23.0 Å². The van der Waals surface area contributed by atoms with E-state index in [4.69, 9.17) is 18.9 Å². The Labute approximate surface area is 238 Å². The monoisotopic (exact) mass is 556 g/mol. The van der Waals surface area contributed by atoms with Crippen molar-refractivity contribution >= 4 is 34.8 Å². The first-order valence-corrected chi connectivity index (χ1v) is 12.7. The number of anilines is 4. The van der Waals surface area contributed by atoms with E-state index in [0.717, 1.165) is 11.1 Å². The molecule has 0 saturated heterocycles. The number of rotatable bonds is 10. The number of nitrogens with one attached hydrogen (secondary N) is 4. The van der Waals surface area contributed by atoms with Crippen LogP contribution >= 0.6 is 0 Å². The van der Waals surface area contributed by atoms with Gasteiger partial charge in [-0.3, -0.25) is 0 Å². The van der Waals surface area contributed by atoms with Crippen molar-refractivity contribution in [2.24, 2.45) is 0 Å². The molecule has 0 aliphatic carbocycles. The Morgan fingerprint density at radius 1 is 0.463 bits per heavy atom. The maximum absolute atomic E-state index is 12.4. The molecule has 0 unspecified atom stereocenters. The second-order valence-corrected chi connectivity index (χ2v) is 8.87. The lowest BCUT2D eigenvalue weighted by Gasteiger charge is -2.12. The molecular formula is C31H32N4O6. The molecule has 4 N–H and O–H groups in total. The zero-order valence-corrected chi connectivity index (χ0v) is 23.2. The zero-order chi connectivity index (χ0) is 29.2. The van der Waals surface area contributed by atoms with E-state index in [1.54, 1.807) is 50.6 Å². The highest BCUT2D eigenvalue weighted by Gasteiger charge is 2.09. The maximum Gasteiger partial charge on any atom is 0.323 e. The molecule has 4 amide bonds. The van der Waals surface area contributed by atoms with E-state index >= 15 is 0 Å². The molecule has 4 aromatic rings. The van der Waals surface area contributed by atoms with Crippen molar-refractivity contribution in [3.8, 4) is 23.0 Å². The number of urea groups is 2. The fraction of sp³-hybridized carbons (Fsp3) is 0.161. The first kappa shape index (κ1) is 28.6. The Kier molecular flexibility index (Phi) is 9.50. The second kappa shape index (κ2) is 13.6. The molecule has 0 spiro atoms. The van der Waals surface area contributed by atoms with Crippen LogP contribution < -0.4 is 40.2 Å². The molecular weight excluding hydrogens is 524 g/mol. The van der Waals surface area contributed by atoms with Crippen molar-refractivity contribution < 1.29 is 28.5 Å². The van der Waals surface area contributed by atoms with Crippen LogP contribution in [0.5, 0.6) is 23.0 Å². The van der Waals surface area contributed by atoms with Crippen LogP contribution in [-0.4, -0.2) is 40.5 Å². The van der Waals surface area contributed by atoms with Crippen molar-refractivity contribution in [2.75, 3.05) is 49.7 Å². The minimum absolute atomic E-state index is 0.372. The summed E-state index contributed by atoms with van der Waals surface area (Å²) in [5.74, 6) is 2.21. The summed E-state index contributed by atoms with van der Waals surface area (Å²) < 4.78 is 21.0. The summed E-state index contributed by atoms with van der Waals surface area (Å²) >= 11 is 0. The van der Waals surface area contributed by atoms with Gasteiger partial charge >= 0.3 is 12.1 Å². The predicted octanol–water partition coefficient (Wildman–Crippen LogP) is 6.60. The molecule has 0 saturated carbocycles. The topological polar surface area (TPSA) is 119 Å². The van der Waals surface area contributed by atoms with E-state index in [0.29, 0.717) is 52.2 Å². The molecule has 10 nitrogen and oxygen atoms in total. The second-order valence-electron chi connectivity index (χ2n) is 8.87. The molecule has 4 rings (SSSR count). The summed E-state index contributed by atoms with van der Waals surface area (Å²) in [6.07, 6.45) is 0.691. The molecule has 4 aromatic carbocycles. The third kappa shape index (κ3) is 7.82. The summed E-state index contributed by atoms with van der Waals surface area (Å²) in [6.45, 7) is 0. The Morgan fingerprint density at radius 3 is 1.12 bits per heavy atom. The molecule has 212 valence electrons. The predicted molar refractivity (Wildman–Crippen MR) is 160 cm³/mol. The van der Waals surface area contributed by atoms with Gasteiger partial charge < -0.3 is 40.2 Å². The lowest BCUT2D eigenvalue weighted by molar-refractivity contribution is 0.261. The van der Waals surface area contributed by atoms with Gasteiger partial charge in [-0.25, -0.2) is 9.59 Å². The van der Waals surface area contributed by atoms with Gasteiger partial charge in [-0.1, -0.05) is 24.3 Å². The van der Waals surface area contributed by atoms with Gasteiger partial charge in [0, 0.05) is 34.9 Å². The number of ether oxygens (including phenoxy) is 4. The summed E-state index contributed by atoms with van der Waals surface area (Å²) in [6, 6.07) is 24.7. The number of hydrogen-bond donors (Lipinski definition) is 4. The van der Waals surface area contributed by atoms with Crippen LogP contribution in [0.25, 0.3) is 0 Å². The van der Waals surface area contributed by atoms with Crippen molar-refractivity contribution in [1.82, 2.24) is 0 Å². The first-order chi connectivity index (χ1) is 19.9. The van der Waals surface area contributed by atoms with Crippen LogP contribution in [0.1, 0.15) is 11.1 Å². The average Bonchev–Trinajstić information content (AvgIpc) is 2.98. The molecule has 41 heavy (non-hydrogen) atoms. The fourth-order valence-electron chi connectivity index (χ4n) is 4.06. The normalized spacial score (nSPS) is 10.2. The van der Waals surface area contributed by atoms with Gasteiger partial charge in [0.2, 0.25) is 0 Å². The number of amides is 4. The number of carbonyl (C=O) groups excluding carboxylic acids is 2. The molecule has 0 aliphatic rings. The van der Waals surface area contributed by atoms with E-state index in [9.17, 15) is 9.59 Å². The van der Waals surface area contributed by atoms with Crippen LogP contribution in [0.2, 0.25) is 0 Å². The Balaban J connectivity index is 1.27. The van der Waals surface area contributed by atoms with E-state index in [2.05, 4.69) is 21.3 Å². The lowest BCUT2D eigenvalue weighted by atomic mass is 10.0. The third-order valence-electron chi connectivity index (χ3n) is 6.11. The highest BCUT2D eigenvalue weighted by atomic mass is 16.5. The summed E-state index contributed by atoms with van der Waals surface area (Å²) in [7, 11) is 6.18. The Bertz CT molecular complexity index is 1380. The summed E-state index contributed by atoms with van der Waals surface area (Å²) in [5, 5.41) is 11.2. The maximum atomic E-state index is 12.4. The Hall–Kier alpha value is -5.38. The van der Waals surface area contributed by atoms with Crippen LogP contribution in [0.4, 0.5) is 32.3 Å². The molecule has 10 heteroatoms. The molecule has 0 aliphatic heterocycles. The average molecular weight is 557 g/mol.